The summed E-state index contributed by atoms with van der Waals surface area (Å²) in [6, 6.07) is 59.8. The van der Waals surface area contributed by atoms with Gasteiger partial charge in [-0.25, -0.2) is 15.0 Å². The minimum Gasteiger partial charge on any atom is -0.455 e. The van der Waals surface area contributed by atoms with Gasteiger partial charge in [0.05, 0.1) is 16.6 Å². The van der Waals surface area contributed by atoms with Gasteiger partial charge in [-0.15, -0.1) is 11.3 Å². The maximum atomic E-state index is 6.72. The third-order valence-electron chi connectivity index (χ3n) is 10.8. The number of hydrogen-bond acceptors (Lipinski definition) is 5. The molecule has 0 saturated heterocycles. The zero-order valence-corrected chi connectivity index (χ0v) is 30.1. The number of para-hydroxylation sites is 2. The lowest BCUT2D eigenvalue weighted by molar-refractivity contribution is 0.669. The van der Waals surface area contributed by atoms with Gasteiger partial charge in [0.1, 0.15) is 11.2 Å². The van der Waals surface area contributed by atoms with Crippen LogP contribution in [0.15, 0.2) is 174 Å². The van der Waals surface area contributed by atoms with Gasteiger partial charge >= 0.3 is 0 Å². The second kappa shape index (κ2) is 11.7. The number of thiophene rings is 1. The molecule has 12 rings (SSSR count). The van der Waals surface area contributed by atoms with Gasteiger partial charge in [-0.2, -0.15) is 0 Å². The van der Waals surface area contributed by atoms with Gasteiger partial charge in [-0.1, -0.05) is 109 Å². The van der Waals surface area contributed by atoms with Crippen molar-refractivity contribution >= 4 is 86.0 Å². The van der Waals surface area contributed by atoms with E-state index in [4.69, 9.17) is 19.4 Å². The lowest BCUT2D eigenvalue weighted by Gasteiger charge is -2.13. The maximum Gasteiger partial charge on any atom is 0.167 e. The average molecular weight is 721 g/mol. The molecule has 8 aromatic carbocycles. The molecule has 0 unspecified atom stereocenters. The summed E-state index contributed by atoms with van der Waals surface area (Å²) in [7, 11) is 0. The van der Waals surface area contributed by atoms with Crippen molar-refractivity contribution in [2.45, 2.75) is 0 Å². The molecule has 0 spiro atoms. The number of hydrogen-bond donors (Lipinski definition) is 0. The zero-order valence-electron chi connectivity index (χ0n) is 29.3. The molecule has 6 heteroatoms. The Balaban J connectivity index is 1.17. The van der Waals surface area contributed by atoms with E-state index in [1.807, 2.05) is 42.5 Å². The van der Waals surface area contributed by atoms with Crippen molar-refractivity contribution in [1.82, 2.24) is 19.5 Å². The predicted octanol–water partition coefficient (Wildman–Crippen LogP) is 13.4. The Hall–Kier alpha value is -7.15. The molecule has 55 heavy (non-hydrogen) atoms. The molecule has 256 valence electrons. The van der Waals surface area contributed by atoms with Crippen LogP contribution in [0.3, 0.4) is 0 Å². The van der Waals surface area contributed by atoms with Crippen molar-refractivity contribution in [1.29, 1.82) is 0 Å². The van der Waals surface area contributed by atoms with Gasteiger partial charge in [0, 0.05) is 58.5 Å². The summed E-state index contributed by atoms with van der Waals surface area (Å²) >= 11 is 1.80. The van der Waals surface area contributed by atoms with Crippen LogP contribution in [-0.2, 0) is 0 Å². The fraction of sp³-hybridized carbons (Fsp3) is 0. The normalized spacial score (nSPS) is 12.0. The first-order valence-electron chi connectivity index (χ1n) is 18.3. The van der Waals surface area contributed by atoms with E-state index in [1.165, 1.54) is 41.7 Å². The zero-order chi connectivity index (χ0) is 36.0. The van der Waals surface area contributed by atoms with E-state index in [-0.39, 0.29) is 0 Å². The van der Waals surface area contributed by atoms with Crippen molar-refractivity contribution < 1.29 is 4.42 Å². The number of fused-ring (bicyclic) bond motifs is 10. The highest BCUT2D eigenvalue weighted by Crippen LogP contribution is 2.42. The largest absolute Gasteiger partial charge is 0.455 e. The summed E-state index contributed by atoms with van der Waals surface area (Å²) in [5.74, 6) is 1.77. The molecule has 0 atom stereocenters. The molecular weight excluding hydrogens is 693 g/mol. The van der Waals surface area contributed by atoms with Crippen LogP contribution in [0.25, 0.3) is 115 Å². The van der Waals surface area contributed by atoms with Gasteiger partial charge in [-0.05, 0) is 71.4 Å². The molecule has 0 radical (unpaired) electrons. The summed E-state index contributed by atoms with van der Waals surface area (Å²) in [5.41, 5.74) is 7.48. The van der Waals surface area contributed by atoms with E-state index in [2.05, 4.69) is 132 Å². The number of benzene rings is 8. The van der Waals surface area contributed by atoms with Gasteiger partial charge in [-0.3, -0.25) is 0 Å². The highest BCUT2D eigenvalue weighted by Gasteiger charge is 2.22. The third-order valence-corrected chi connectivity index (χ3v) is 12.0. The minimum atomic E-state index is 0.552. The molecule has 5 nitrogen and oxygen atoms in total. The smallest absolute Gasteiger partial charge is 0.167 e. The summed E-state index contributed by atoms with van der Waals surface area (Å²) in [6.07, 6.45) is 0. The van der Waals surface area contributed by atoms with E-state index in [9.17, 15) is 0 Å². The monoisotopic (exact) mass is 720 g/mol. The van der Waals surface area contributed by atoms with E-state index >= 15 is 0 Å². The van der Waals surface area contributed by atoms with E-state index in [0.29, 0.717) is 17.5 Å². The van der Waals surface area contributed by atoms with E-state index in [1.54, 1.807) is 11.3 Å². The lowest BCUT2D eigenvalue weighted by atomic mass is 10.1. The molecule has 4 aromatic heterocycles. The second-order valence-electron chi connectivity index (χ2n) is 14.0. The van der Waals surface area contributed by atoms with Crippen LogP contribution in [0.4, 0.5) is 0 Å². The lowest BCUT2D eigenvalue weighted by Crippen LogP contribution is -2.01. The van der Waals surface area contributed by atoms with Crippen LogP contribution in [-0.4, -0.2) is 19.5 Å². The minimum absolute atomic E-state index is 0.552. The Morgan fingerprint density at radius 1 is 0.418 bits per heavy atom. The molecule has 0 amide bonds. The molecule has 4 heterocycles. The number of furan rings is 1. The first kappa shape index (κ1) is 30.3. The molecular formula is C49H28N4OS. The Kier molecular flexibility index (Phi) is 6.44. The summed E-state index contributed by atoms with van der Waals surface area (Å²) in [6.45, 7) is 0. The molecule has 0 aliphatic carbocycles. The van der Waals surface area contributed by atoms with Gasteiger partial charge in [0.25, 0.3) is 0 Å². The molecule has 0 N–H and O–H groups in total. The average Bonchev–Trinajstić information content (AvgIpc) is 3.92. The first-order valence-corrected chi connectivity index (χ1v) is 19.2. The number of aromatic nitrogens is 4. The van der Waals surface area contributed by atoms with Gasteiger partial charge in [0.2, 0.25) is 0 Å². The van der Waals surface area contributed by atoms with E-state index < -0.39 is 0 Å². The standard InChI is InChI=1S/C49H28N4OS/c1-2-12-29(13-3-1)47-50-48(32-22-23-45-38(25-32)36-18-8-11-21-44(36)55-45)52-49(51-47)40-28-33(27-39-35-17-7-10-20-43(35)54-46(39)40)53-41-19-9-6-16-34(41)37-24-30-14-4-5-15-31(30)26-42(37)53/h1-28H. The van der Waals surface area contributed by atoms with E-state index in [0.717, 1.165) is 55.3 Å². The molecule has 0 saturated carbocycles. The molecule has 0 aliphatic rings. The number of nitrogens with zero attached hydrogens (tertiary/aromatic N) is 4. The topological polar surface area (TPSA) is 56.7 Å². The van der Waals surface area contributed by atoms with Crippen molar-refractivity contribution in [3.63, 3.8) is 0 Å². The molecule has 12 aromatic rings. The maximum absolute atomic E-state index is 6.72. The summed E-state index contributed by atoms with van der Waals surface area (Å²) < 4.78 is 11.6. The van der Waals surface area contributed by atoms with Crippen LogP contribution in [0.5, 0.6) is 0 Å². The molecule has 0 bridgehead atoms. The Morgan fingerprint density at radius 2 is 1.09 bits per heavy atom. The Morgan fingerprint density at radius 3 is 1.96 bits per heavy atom. The molecule has 0 fully saturated rings. The Labute approximate surface area is 318 Å². The number of rotatable bonds is 4. The fourth-order valence-electron chi connectivity index (χ4n) is 8.25. The van der Waals surface area contributed by atoms with Crippen molar-refractivity contribution in [2.75, 3.05) is 0 Å². The van der Waals surface area contributed by atoms with Crippen LogP contribution in [0, 0.1) is 0 Å². The van der Waals surface area contributed by atoms with Crippen LogP contribution >= 0.6 is 11.3 Å². The predicted molar refractivity (Wildman–Crippen MR) is 228 cm³/mol. The van der Waals surface area contributed by atoms with Crippen LogP contribution < -0.4 is 0 Å². The van der Waals surface area contributed by atoms with Crippen molar-refractivity contribution in [2.24, 2.45) is 0 Å². The third kappa shape index (κ3) is 4.68. The SMILES string of the molecule is c1ccc(-c2nc(-c3ccc4sc5ccccc5c4c3)nc(-c3cc(-n4c5ccccc5c5cc6ccccc6cc54)cc4c3oc3ccccc34)n2)cc1. The van der Waals surface area contributed by atoms with Crippen molar-refractivity contribution in [3.05, 3.63) is 170 Å². The first-order chi connectivity index (χ1) is 27.2. The van der Waals surface area contributed by atoms with Crippen molar-refractivity contribution in [3.8, 4) is 39.9 Å². The molecule has 0 aliphatic heterocycles. The summed E-state index contributed by atoms with van der Waals surface area (Å²) in [5, 5.41) is 9.29. The second-order valence-corrected chi connectivity index (χ2v) is 15.1. The Bertz CT molecular complexity index is 3500. The van der Waals surface area contributed by atoms with Crippen LogP contribution in [0.2, 0.25) is 0 Å². The van der Waals surface area contributed by atoms with Gasteiger partial charge in [0.15, 0.2) is 17.5 Å². The quantitative estimate of drug-likeness (QED) is 0.182. The fourth-order valence-corrected chi connectivity index (χ4v) is 9.33. The highest BCUT2D eigenvalue weighted by molar-refractivity contribution is 7.25. The summed E-state index contributed by atoms with van der Waals surface area (Å²) in [4.78, 5) is 15.6. The van der Waals surface area contributed by atoms with Gasteiger partial charge < -0.3 is 8.98 Å². The highest BCUT2D eigenvalue weighted by atomic mass is 32.1. The van der Waals surface area contributed by atoms with Crippen LogP contribution in [0.1, 0.15) is 0 Å².